The Kier molecular flexibility index (Phi) is 4.80. The zero-order valence-corrected chi connectivity index (χ0v) is 12.7. The smallest absolute Gasteiger partial charge is 0.357 e. The average Bonchev–Trinajstić information content (AvgIpc) is 2.64. The summed E-state index contributed by atoms with van der Waals surface area (Å²) in [5.74, 6) is 0.309. The molecule has 1 N–H and O–H groups in total. The van der Waals surface area contributed by atoms with Gasteiger partial charge in [-0.05, 0) is 25.7 Å². The lowest BCUT2D eigenvalue weighted by Gasteiger charge is -2.22. The molecule has 0 amide bonds. The van der Waals surface area contributed by atoms with Gasteiger partial charge < -0.3 is 10.1 Å². The quantitative estimate of drug-likeness (QED) is 0.679. The maximum atomic E-state index is 11.6. The number of rotatable bonds is 3. The first-order valence-corrected chi connectivity index (χ1v) is 7.75. The van der Waals surface area contributed by atoms with Crippen LogP contribution < -0.4 is 5.32 Å². The third-order valence-electron chi connectivity index (χ3n) is 3.85. The van der Waals surface area contributed by atoms with Crippen LogP contribution in [-0.4, -0.2) is 24.1 Å². The molecule has 1 aromatic rings. The van der Waals surface area contributed by atoms with Crippen molar-refractivity contribution in [2.24, 2.45) is 5.92 Å². The molecule has 1 heterocycles. The minimum atomic E-state index is -0.351. The van der Waals surface area contributed by atoms with E-state index in [1.165, 1.54) is 50.6 Å². The zero-order valence-electron chi connectivity index (χ0n) is 11.9. The number of carbonyl (C=O) groups excluding carboxylic acids is 1. The Morgan fingerprint density at radius 1 is 1.37 bits per heavy atom. The van der Waals surface area contributed by atoms with E-state index in [4.69, 9.17) is 4.74 Å². The SMILES string of the molecule is COC(=O)c1nc(NC2CCCCCC2C)sc1C. The van der Waals surface area contributed by atoms with Crippen molar-refractivity contribution in [3.05, 3.63) is 10.6 Å². The molecule has 0 bridgehead atoms. The van der Waals surface area contributed by atoms with Gasteiger partial charge in [0, 0.05) is 10.9 Å². The predicted octanol–water partition coefficient (Wildman–Crippen LogP) is 3.62. The van der Waals surface area contributed by atoms with Crippen molar-refractivity contribution < 1.29 is 9.53 Å². The highest BCUT2D eigenvalue weighted by molar-refractivity contribution is 7.15. The number of thiazole rings is 1. The molecule has 1 saturated carbocycles. The van der Waals surface area contributed by atoms with Crippen LogP contribution in [0.25, 0.3) is 0 Å². The Morgan fingerprint density at radius 3 is 2.84 bits per heavy atom. The summed E-state index contributed by atoms with van der Waals surface area (Å²) in [7, 11) is 1.39. The summed E-state index contributed by atoms with van der Waals surface area (Å²) in [4.78, 5) is 16.8. The summed E-state index contributed by atoms with van der Waals surface area (Å²) in [6.45, 7) is 4.20. The Bertz CT molecular complexity index is 445. The Morgan fingerprint density at radius 2 is 2.11 bits per heavy atom. The van der Waals surface area contributed by atoms with Gasteiger partial charge in [-0.25, -0.2) is 9.78 Å². The van der Waals surface area contributed by atoms with Crippen molar-refractivity contribution in [3.63, 3.8) is 0 Å². The summed E-state index contributed by atoms with van der Waals surface area (Å²) in [5, 5.41) is 4.35. The molecule has 0 aliphatic heterocycles. The number of ether oxygens (including phenoxy) is 1. The number of aromatic nitrogens is 1. The fourth-order valence-corrected chi connectivity index (χ4v) is 3.47. The lowest BCUT2D eigenvalue weighted by atomic mass is 9.97. The van der Waals surface area contributed by atoms with Gasteiger partial charge in [0.05, 0.1) is 7.11 Å². The topological polar surface area (TPSA) is 51.2 Å². The van der Waals surface area contributed by atoms with Crippen molar-refractivity contribution >= 4 is 22.4 Å². The number of aryl methyl sites for hydroxylation is 1. The van der Waals surface area contributed by atoms with E-state index in [1.807, 2.05) is 6.92 Å². The van der Waals surface area contributed by atoms with E-state index in [9.17, 15) is 4.79 Å². The lowest BCUT2D eigenvalue weighted by molar-refractivity contribution is 0.0594. The first-order chi connectivity index (χ1) is 9.11. The summed E-state index contributed by atoms with van der Waals surface area (Å²) in [6.07, 6.45) is 6.38. The molecule has 2 unspecified atom stereocenters. The monoisotopic (exact) mass is 282 g/mol. The third kappa shape index (κ3) is 3.47. The summed E-state index contributed by atoms with van der Waals surface area (Å²) < 4.78 is 4.74. The number of carbonyl (C=O) groups is 1. The molecule has 1 aliphatic carbocycles. The van der Waals surface area contributed by atoms with Crippen molar-refractivity contribution in [2.45, 2.75) is 52.0 Å². The van der Waals surface area contributed by atoms with Crippen molar-refractivity contribution in [3.8, 4) is 0 Å². The summed E-state index contributed by atoms with van der Waals surface area (Å²) in [5.41, 5.74) is 0.441. The highest BCUT2D eigenvalue weighted by atomic mass is 32.1. The number of anilines is 1. The Hall–Kier alpha value is -1.10. The number of hydrogen-bond donors (Lipinski definition) is 1. The van der Waals surface area contributed by atoms with E-state index in [-0.39, 0.29) is 5.97 Å². The second-order valence-corrected chi connectivity index (χ2v) is 6.48. The minimum Gasteiger partial charge on any atom is -0.464 e. The zero-order chi connectivity index (χ0) is 13.8. The lowest BCUT2D eigenvalue weighted by Crippen LogP contribution is -2.26. The van der Waals surface area contributed by atoms with Crippen molar-refractivity contribution in [1.82, 2.24) is 4.98 Å². The molecule has 0 radical (unpaired) electrons. The van der Waals surface area contributed by atoms with Gasteiger partial charge in [0.15, 0.2) is 10.8 Å². The van der Waals surface area contributed by atoms with Gasteiger partial charge in [0.25, 0.3) is 0 Å². The van der Waals surface area contributed by atoms with Crippen LogP contribution in [-0.2, 0) is 4.74 Å². The molecule has 2 rings (SSSR count). The first-order valence-electron chi connectivity index (χ1n) is 6.94. The van der Waals surface area contributed by atoms with Crippen LogP contribution in [0.5, 0.6) is 0 Å². The molecule has 1 aromatic heterocycles. The van der Waals surface area contributed by atoms with Crippen LogP contribution in [0.1, 0.15) is 54.4 Å². The van der Waals surface area contributed by atoms with E-state index in [0.717, 1.165) is 10.0 Å². The average molecular weight is 282 g/mol. The van der Waals surface area contributed by atoms with Gasteiger partial charge in [0.1, 0.15) is 0 Å². The van der Waals surface area contributed by atoms with Crippen LogP contribution in [0.15, 0.2) is 0 Å². The number of methoxy groups -OCH3 is 1. The van der Waals surface area contributed by atoms with Crippen molar-refractivity contribution in [2.75, 3.05) is 12.4 Å². The molecule has 5 heteroatoms. The molecule has 0 saturated heterocycles. The van der Waals surface area contributed by atoms with Gasteiger partial charge in [-0.1, -0.05) is 26.2 Å². The van der Waals surface area contributed by atoms with E-state index >= 15 is 0 Å². The van der Waals surface area contributed by atoms with E-state index in [2.05, 4.69) is 17.2 Å². The third-order valence-corrected chi connectivity index (χ3v) is 4.75. The molecule has 2 atom stereocenters. The van der Waals surface area contributed by atoms with Gasteiger partial charge in [-0.2, -0.15) is 0 Å². The highest BCUT2D eigenvalue weighted by Crippen LogP contribution is 2.29. The standard InChI is InChI=1S/C14H22N2O2S/c1-9-7-5-4-6-8-11(9)15-14-16-12(10(2)19-14)13(17)18-3/h9,11H,4-8H2,1-3H3,(H,15,16). The number of nitrogens with zero attached hydrogens (tertiary/aromatic N) is 1. The molecule has 0 aromatic carbocycles. The molecule has 0 spiro atoms. The Balaban J connectivity index is 2.08. The molecular weight excluding hydrogens is 260 g/mol. The molecule has 19 heavy (non-hydrogen) atoms. The molecule has 1 fully saturated rings. The predicted molar refractivity (Wildman–Crippen MR) is 77.9 cm³/mol. The minimum absolute atomic E-state index is 0.351. The van der Waals surface area contributed by atoms with Crippen LogP contribution in [0, 0.1) is 12.8 Å². The fraction of sp³-hybridized carbons (Fsp3) is 0.714. The van der Waals surface area contributed by atoms with E-state index in [0.29, 0.717) is 17.7 Å². The number of esters is 1. The van der Waals surface area contributed by atoms with Crippen LogP contribution in [0.2, 0.25) is 0 Å². The Labute approximate surface area is 118 Å². The summed E-state index contributed by atoms with van der Waals surface area (Å²) >= 11 is 1.54. The molecule has 4 nitrogen and oxygen atoms in total. The largest absolute Gasteiger partial charge is 0.464 e. The van der Waals surface area contributed by atoms with Gasteiger partial charge in [-0.3, -0.25) is 0 Å². The highest BCUT2D eigenvalue weighted by Gasteiger charge is 2.22. The van der Waals surface area contributed by atoms with Gasteiger partial charge in [0.2, 0.25) is 0 Å². The van der Waals surface area contributed by atoms with Crippen LogP contribution in [0.3, 0.4) is 0 Å². The number of nitrogens with one attached hydrogen (secondary N) is 1. The maximum Gasteiger partial charge on any atom is 0.357 e. The second kappa shape index (κ2) is 6.37. The second-order valence-electron chi connectivity index (χ2n) is 5.28. The van der Waals surface area contributed by atoms with Gasteiger partial charge in [-0.15, -0.1) is 11.3 Å². The maximum absolute atomic E-state index is 11.6. The van der Waals surface area contributed by atoms with E-state index < -0.39 is 0 Å². The number of hydrogen-bond acceptors (Lipinski definition) is 5. The fourth-order valence-electron chi connectivity index (χ4n) is 2.61. The molecule has 106 valence electrons. The molecular formula is C14H22N2O2S. The first kappa shape index (κ1) is 14.3. The van der Waals surface area contributed by atoms with Gasteiger partial charge >= 0.3 is 5.97 Å². The molecule has 1 aliphatic rings. The van der Waals surface area contributed by atoms with E-state index in [1.54, 1.807) is 0 Å². The normalized spacial score (nSPS) is 23.7. The summed E-state index contributed by atoms with van der Waals surface area (Å²) in [6, 6.07) is 0.471. The van der Waals surface area contributed by atoms with Crippen LogP contribution >= 0.6 is 11.3 Å². The van der Waals surface area contributed by atoms with Crippen molar-refractivity contribution in [1.29, 1.82) is 0 Å². The van der Waals surface area contributed by atoms with Crippen LogP contribution in [0.4, 0.5) is 5.13 Å².